The first-order valence-corrected chi connectivity index (χ1v) is 6.44. The number of aromatic nitrogens is 1. The topological polar surface area (TPSA) is 65.5 Å². The standard InChI is InChI=1S/C15H12ClNO4/c1-20-11-6-4-10(5-7-11)13(18)9-21-15(19)12-3-2-8-17-14(12)16/h2-8H,9H2,1H3. The van der Waals surface area contributed by atoms with Gasteiger partial charge >= 0.3 is 5.97 Å². The zero-order chi connectivity index (χ0) is 15.2. The van der Waals surface area contributed by atoms with Crippen LogP contribution in [-0.4, -0.2) is 30.5 Å². The van der Waals surface area contributed by atoms with E-state index in [1.54, 1.807) is 30.3 Å². The Bertz CT molecular complexity index is 655. The Morgan fingerprint density at radius 3 is 2.52 bits per heavy atom. The van der Waals surface area contributed by atoms with Crippen LogP contribution < -0.4 is 4.74 Å². The van der Waals surface area contributed by atoms with Gasteiger partial charge in [-0.25, -0.2) is 9.78 Å². The lowest BCUT2D eigenvalue weighted by atomic mass is 10.1. The number of ketones is 1. The van der Waals surface area contributed by atoms with Crippen LogP contribution in [0.25, 0.3) is 0 Å². The second kappa shape index (κ2) is 6.85. The first kappa shape index (κ1) is 15.0. The predicted octanol–water partition coefficient (Wildman–Crippen LogP) is 2.78. The fraction of sp³-hybridized carbons (Fsp3) is 0.133. The lowest BCUT2D eigenvalue weighted by Gasteiger charge is -2.06. The van der Waals surface area contributed by atoms with E-state index < -0.39 is 5.97 Å². The SMILES string of the molecule is COc1ccc(C(=O)COC(=O)c2cccnc2Cl)cc1. The Labute approximate surface area is 126 Å². The first-order chi connectivity index (χ1) is 10.1. The smallest absolute Gasteiger partial charge is 0.341 e. The molecule has 108 valence electrons. The van der Waals surface area contributed by atoms with Crippen molar-refractivity contribution in [3.8, 4) is 5.75 Å². The quantitative estimate of drug-likeness (QED) is 0.483. The molecular formula is C15H12ClNO4. The molecule has 1 aromatic carbocycles. The van der Waals surface area contributed by atoms with E-state index in [0.29, 0.717) is 11.3 Å². The number of pyridine rings is 1. The molecule has 1 aromatic heterocycles. The van der Waals surface area contributed by atoms with Gasteiger partial charge in [0.1, 0.15) is 10.9 Å². The molecular weight excluding hydrogens is 294 g/mol. The van der Waals surface area contributed by atoms with Gasteiger partial charge in [0.25, 0.3) is 0 Å². The van der Waals surface area contributed by atoms with Crippen LogP contribution in [0, 0.1) is 0 Å². The fourth-order valence-corrected chi connectivity index (χ4v) is 1.80. The number of carbonyl (C=O) groups excluding carboxylic acids is 2. The second-order valence-corrected chi connectivity index (χ2v) is 4.43. The van der Waals surface area contributed by atoms with Crippen LogP contribution in [-0.2, 0) is 4.74 Å². The summed E-state index contributed by atoms with van der Waals surface area (Å²) in [6.45, 7) is -0.365. The molecule has 2 rings (SSSR count). The number of methoxy groups -OCH3 is 1. The van der Waals surface area contributed by atoms with Crippen LogP contribution in [0.3, 0.4) is 0 Å². The van der Waals surface area contributed by atoms with E-state index in [1.165, 1.54) is 19.4 Å². The number of nitrogens with zero attached hydrogens (tertiary/aromatic N) is 1. The van der Waals surface area contributed by atoms with Crippen molar-refractivity contribution >= 4 is 23.4 Å². The Kier molecular flexibility index (Phi) is 4.90. The molecule has 0 N–H and O–H groups in total. The van der Waals surface area contributed by atoms with E-state index in [-0.39, 0.29) is 23.1 Å². The fourth-order valence-electron chi connectivity index (χ4n) is 1.61. The van der Waals surface area contributed by atoms with Crippen molar-refractivity contribution < 1.29 is 19.1 Å². The van der Waals surface area contributed by atoms with Crippen LogP contribution in [0.4, 0.5) is 0 Å². The van der Waals surface area contributed by atoms with Gasteiger partial charge in [-0.3, -0.25) is 4.79 Å². The maximum Gasteiger partial charge on any atom is 0.341 e. The molecule has 21 heavy (non-hydrogen) atoms. The van der Waals surface area contributed by atoms with Crippen LogP contribution in [0.5, 0.6) is 5.75 Å². The van der Waals surface area contributed by atoms with Gasteiger partial charge in [-0.05, 0) is 36.4 Å². The van der Waals surface area contributed by atoms with Crippen molar-refractivity contribution in [2.24, 2.45) is 0 Å². The molecule has 0 saturated heterocycles. The van der Waals surface area contributed by atoms with E-state index in [9.17, 15) is 9.59 Å². The highest BCUT2D eigenvalue weighted by atomic mass is 35.5. The normalized spacial score (nSPS) is 10.0. The Balaban J connectivity index is 1.97. The Morgan fingerprint density at radius 1 is 1.19 bits per heavy atom. The van der Waals surface area contributed by atoms with Gasteiger partial charge in [-0.2, -0.15) is 0 Å². The summed E-state index contributed by atoms with van der Waals surface area (Å²) in [6, 6.07) is 9.57. The summed E-state index contributed by atoms with van der Waals surface area (Å²) in [5.74, 6) is -0.355. The number of hydrogen-bond donors (Lipinski definition) is 0. The molecule has 5 nitrogen and oxygen atoms in total. The second-order valence-electron chi connectivity index (χ2n) is 4.07. The van der Waals surface area contributed by atoms with Crippen molar-refractivity contribution in [1.29, 1.82) is 0 Å². The van der Waals surface area contributed by atoms with Gasteiger partial charge in [-0.15, -0.1) is 0 Å². The summed E-state index contributed by atoms with van der Waals surface area (Å²) in [5.41, 5.74) is 0.558. The maximum atomic E-state index is 11.9. The van der Waals surface area contributed by atoms with Crippen LogP contribution in [0.2, 0.25) is 5.15 Å². The van der Waals surface area contributed by atoms with Crippen LogP contribution in [0.1, 0.15) is 20.7 Å². The molecule has 0 radical (unpaired) electrons. The molecule has 0 spiro atoms. The van der Waals surface area contributed by atoms with Gasteiger partial charge in [0, 0.05) is 11.8 Å². The van der Waals surface area contributed by atoms with Gasteiger partial charge in [0.05, 0.1) is 12.7 Å². The number of halogens is 1. The van der Waals surface area contributed by atoms with Gasteiger partial charge in [0.2, 0.25) is 0 Å². The number of benzene rings is 1. The molecule has 6 heteroatoms. The molecule has 0 saturated carbocycles. The summed E-state index contributed by atoms with van der Waals surface area (Å²) in [7, 11) is 1.54. The predicted molar refractivity (Wildman–Crippen MR) is 76.9 cm³/mol. The summed E-state index contributed by atoms with van der Waals surface area (Å²) >= 11 is 5.77. The van der Waals surface area contributed by atoms with Crippen molar-refractivity contribution in [3.05, 3.63) is 58.9 Å². The minimum absolute atomic E-state index is 0.0411. The molecule has 2 aromatic rings. The minimum atomic E-state index is -0.685. The summed E-state index contributed by atoms with van der Waals surface area (Å²) in [6.07, 6.45) is 1.46. The highest BCUT2D eigenvalue weighted by molar-refractivity contribution is 6.32. The average molecular weight is 306 g/mol. The first-order valence-electron chi connectivity index (χ1n) is 6.06. The molecule has 0 atom stereocenters. The third kappa shape index (κ3) is 3.79. The lowest BCUT2D eigenvalue weighted by Crippen LogP contribution is -2.14. The van der Waals surface area contributed by atoms with E-state index >= 15 is 0 Å². The highest BCUT2D eigenvalue weighted by Gasteiger charge is 2.15. The van der Waals surface area contributed by atoms with Crippen molar-refractivity contribution in [2.45, 2.75) is 0 Å². The summed E-state index contributed by atoms with van der Waals surface area (Å²) in [5, 5.41) is 0.0411. The molecule has 0 bridgehead atoms. The van der Waals surface area contributed by atoms with Gasteiger partial charge in [-0.1, -0.05) is 11.6 Å². The third-order valence-electron chi connectivity index (χ3n) is 2.73. The third-order valence-corrected chi connectivity index (χ3v) is 3.03. The zero-order valence-corrected chi connectivity index (χ0v) is 12.0. The largest absolute Gasteiger partial charge is 0.497 e. The molecule has 0 aliphatic rings. The Morgan fingerprint density at radius 2 is 1.90 bits per heavy atom. The molecule has 0 unspecified atom stereocenters. The van der Waals surface area contributed by atoms with E-state index in [2.05, 4.69) is 4.98 Å². The highest BCUT2D eigenvalue weighted by Crippen LogP contribution is 2.14. The number of Topliss-reactive ketones (excluding diaryl/α,β-unsaturated/α-hetero) is 1. The monoisotopic (exact) mass is 305 g/mol. The Hall–Kier alpha value is -2.40. The van der Waals surface area contributed by atoms with Crippen LogP contribution in [0.15, 0.2) is 42.6 Å². The molecule has 0 aliphatic heterocycles. The van der Waals surface area contributed by atoms with E-state index in [0.717, 1.165) is 0 Å². The number of ether oxygens (including phenoxy) is 2. The van der Waals surface area contributed by atoms with Gasteiger partial charge < -0.3 is 9.47 Å². The number of carbonyl (C=O) groups is 2. The van der Waals surface area contributed by atoms with Crippen LogP contribution >= 0.6 is 11.6 Å². The van der Waals surface area contributed by atoms with Gasteiger partial charge in [0.15, 0.2) is 12.4 Å². The van der Waals surface area contributed by atoms with E-state index in [1.807, 2.05) is 0 Å². The number of esters is 1. The summed E-state index contributed by atoms with van der Waals surface area (Å²) < 4.78 is 9.94. The minimum Gasteiger partial charge on any atom is -0.497 e. The van der Waals surface area contributed by atoms with Crippen molar-refractivity contribution in [3.63, 3.8) is 0 Å². The maximum absolute atomic E-state index is 11.9. The number of hydrogen-bond acceptors (Lipinski definition) is 5. The van der Waals surface area contributed by atoms with E-state index in [4.69, 9.17) is 21.1 Å². The molecule has 0 amide bonds. The molecule has 0 aliphatic carbocycles. The average Bonchev–Trinajstić information content (AvgIpc) is 2.52. The summed E-state index contributed by atoms with van der Waals surface area (Å²) in [4.78, 5) is 27.5. The molecule has 1 heterocycles. The van der Waals surface area contributed by atoms with Crippen molar-refractivity contribution in [1.82, 2.24) is 4.98 Å². The lowest BCUT2D eigenvalue weighted by molar-refractivity contribution is 0.0474. The van der Waals surface area contributed by atoms with Crippen molar-refractivity contribution in [2.75, 3.05) is 13.7 Å². The molecule has 0 fully saturated rings. The zero-order valence-electron chi connectivity index (χ0n) is 11.2. The number of rotatable bonds is 5.